The van der Waals surface area contributed by atoms with Crippen molar-refractivity contribution in [3.63, 3.8) is 0 Å². The van der Waals surface area contributed by atoms with E-state index in [0.29, 0.717) is 17.9 Å². The second kappa shape index (κ2) is 12.6. The van der Waals surface area contributed by atoms with Gasteiger partial charge in [-0.1, -0.05) is 49.1 Å². The summed E-state index contributed by atoms with van der Waals surface area (Å²) < 4.78 is 5.24. The van der Waals surface area contributed by atoms with Gasteiger partial charge in [0.25, 0.3) is 5.91 Å². The molecule has 2 aromatic rings. The molecular weight excluding hydrogens is 426 g/mol. The van der Waals surface area contributed by atoms with Gasteiger partial charge in [-0.3, -0.25) is 24.9 Å². The van der Waals surface area contributed by atoms with Crippen LogP contribution >= 0.6 is 0 Å². The Labute approximate surface area is 202 Å². The first kappa shape index (κ1) is 25.0. The van der Waals surface area contributed by atoms with Gasteiger partial charge in [0.15, 0.2) is 0 Å². The average Bonchev–Trinajstić information content (AvgIpc) is 2.86. The number of anilines is 1. The van der Waals surface area contributed by atoms with Crippen LogP contribution in [0, 0.1) is 0 Å². The zero-order chi connectivity index (χ0) is 24.3. The molecular formula is C28H33N3O3. The summed E-state index contributed by atoms with van der Waals surface area (Å²) in [4.78, 5) is 22.7. The minimum absolute atomic E-state index is 0.0635. The third kappa shape index (κ3) is 6.25. The van der Waals surface area contributed by atoms with Gasteiger partial charge >= 0.3 is 0 Å². The van der Waals surface area contributed by atoms with E-state index in [9.17, 15) is 4.79 Å². The monoisotopic (exact) mass is 459 g/mol. The van der Waals surface area contributed by atoms with Crippen LogP contribution in [-0.2, 0) is 9.63 Å². The van der Waals surface area contributed by atoms with Crippen LogP contribution in [0.5, 0.6) is 5.75 Å². The number of methoxy groups -OCH3 is 1. The molecule has 1 saturated heterocycles. The van der Waals surface area contributed by atoms with Gasteiger partial charge in [-0.05, 0) is 42.3 Å². The predicted octanol–water partition coefficient (Wildman–Crippen LogP) is 4.81. The number of hydroxylamine groups is 1. The highest BCUT2D eigenvalue weighted by Gasteiger charge is 2.43. The van der Waals surface area contributed by atoms with Gasteiger partial charge in [-0.25, -0.2) is 0 Å². The molecule has 0 radical (unpaired) electrons. The van der Waals surface area contributed by atoms with E-state index in [4.69, 9.17) is 9.57 Å². The van der Waals surface area contributed by atoms with E-state index in [1.165, 1.54) is 0 Å². The zero-order valence-corrected chi connectivity index (χ0v) is 19.8. The Kier molecular flexibility index (Phi) is 9.26. The molecule has 0 aromatic heterocycles. The Hall–Kier alpha value is -3.61. The largest absolute Gasteiger partial charge is 0.497 e. The van der Waals surface area contributed by atoms with Crippen LogP contribution in [0.25, 0.3) is 0 Å². The fraction of sp³-hybridized carbons (Fsp3) is 0.250. The van der Waals surface area contributed by atoms with Crippen LogP contribution < -0.4 is 15.1 Å². The first-order valence-electron chi connectivity index (χ1n) is 11.3. The van der Waals surface area contributed by atoms with Crippen LogP contribution in [0.3, 0.4) is 0 Å². The maximum absolute atomic E-state index is 13.1. The number of allylic oxidation sites excluding steroid dienone is 1. The van der Waals surface area contributed by atoms with E-state index >= 15 is 0 Å². The molecule has 1 aliphatic heterocycles. The first-order chi connectivity index (χ1) is 16.6. The molecule has 6 heteroatoms. The van der Waals surface area contributed by atoms with Crippen molar-refractivity contribution in [2.24, 2.45) is 0 Å². The van der Waals surface area contributed by atoms with Gasteiger partial charge in [0, 0.05) is 30.9 Å². The van der Waals surface area contributed by atoms with E-state index in [1.54, 1.807) is 18.1 Å². The minimum atomic E-state index is -0.202. The fourth-order valence-corrected chi connectivity index (χ4v) is 3.90. The van der Waals surface area contributed by atoms with Crippen LogP contribution in [0.15, 0.2) is 104 Å². The van der Waals surface area contributed by atoms with E-state index in [-0.39, 0.29) is 11.9 Å². The number of hydrogen-bond donors (Lipinski definition) is 1. The molecule has 1 N–H and O–H groups in total. The van der Waals surface area contributed by atoms with Crippen molar-refractivity contribution in [1.29, 1.82) is 0 Å². The first-order valence-corrected chi connectivity index (χ1v) is 11.3. The summed E-state index contributed by atoms with van der Waals surface area (Å²) in [6.07, 6.45) is 6.37. The number of carbonyl (C=O) groups is 1. The predicted molar refractivity (Wildman–Crippen MR) is 137 cm³/mol. The summed E-state index contributed by atoms with van der Waals surface area (Å²) in [5.74, 6) is 0.682. The molecule has 0 bridgehead atoms. The summed E-state index contributed by atoms with van der Waals surface area (Å²) in [5, 5.41) is 0. The Bertz CT molecular complexity index is 1000. The maximum atomic E-state index is 13.1. The highest BCUT2D eigenvalue weighted by molar-refractivity contribution is 6.15. The Morgan fingerprint density at radius 2 is 1.76 bits per heavy atom. The van der Waals surface area contributed by atoms with Crippen LogP contribution in [-0.4, -0.2) is 44.2 Å². The van der Waals surface area contributed by atoms with E-state index in [1.807, 2.05) is 66.7 Å². The van der Waals surface area contributed by atoms with Gasteiger partial charge in [-0.15, -0.1) is 13.2 Å². The van der Waals surface area contributed by atoms with Crippen LogP contribution in [0.1, 0.15) is 18.0 Å². The molecule has 2 aromatic carbocycles. The number of nitrogens with zero attached hydrogens (tertiary/aromatic N) is 2. The third-order valence-corrected chi connectivity index (χ3v) is 5.51. The molecule has 6 nitrogen and oxygen atoms in total. The molecule has 0 saturated carbocycles. The van der Waals surface area contributed by atoms with Crippen LogP contribution in [0.2, 0.25) is 0 Å². The number of benzene rings is 2. The molecule has 1 amide bonds. The third-order valence-electron chi connectivity index (χ3n) is 5.51. The van der Waals surface area contributed by atoms with Gasteiger partial charge in [0.05, 0.1) is 25.5 Å². The lowest BCUT2D eigenvalue weighted by Gasteiger charge is -2.43. The zero-order valence-electron chi connectivity index (χ0n) is 19.8. The number of amides is 1. The van der Waals surface area contributed by atoms with Gasteiger partial charge in [-0.2, -0.15) is 0 Å². The second-order valence-corrected chi connectivity index (χ2v) is 7.95. The normalized spacial score (nSPS) is 16.3. The van der Waals surface area contributed by atoms with Crippen molar-refractivity contribution in [3.8, 4) is 5.75 Å². The highest BCUT2D eigenvalue weighted by atomic mass is 16.6. The van der Waals surface area contributed by atoms with Gasteiger partial charge < -0.3 is 4.74 Å². The number of β-lactam (4-membered cyclic amide) rings is 1. The lowest BCUT2D eigenvalue weighted by molar-refractivity contribution is -0.119. The maximum Gasteiger partial charge on any atom is 0.257 e. The molecule has 178 valence electrons. The average molecular weight is 460 g/mol. The Morgan fingerprint density at radius 3 is 2.38 bits per heavy atom. The summed E-state index contributed by atoms with van der Waals surface area (Å²) in [5.41, 5.74) is 5.90. The second-order valence-electron chi connectivity index (χ2n) is 7.95. The lowest BCUT2D eigenvalue weighted by atomic mass is 9.86. The molecule has 0 aliphatic carbocycles. The number of nitrogens with one attached hydrogen (secondary N) is 1. The van der Waals surface area contributed by atoms with Crippen molar-refractivity contribution in [2.75, 3.05) is 38.3 Å². The Morgan fingerprint density at radius 1 is 1.09 bits per heavy atom. The molecule has 0 spiro atoms. The van der Waals surface area contributed by atoms with Crippen LogP contribution in [0.4, 0.5) is 5.69 Å². The standard InChI is InChI=1S/C28H33N3O3/c1-5-17-30(18-6-2)19-10-20-34-29-22(3)21-26-27(23-11-8-7-9-12-23)31(28(26)32)24-13-15-25(33-4)16-14-24/h5-9,11-16,21,27,29H,1-3,10,17-20H2,4H3. The number of hydrogen-bond acceptors (Lipinski definition) is 5. The molecule has 34 heavy (non-hydrogen) atoms. The van der Waals surface area contributed by atoms with Crippen molar-refractivity contribution in [1.82, 2.24) is 10.4 Å². The van der Waals surface area contributed by atoms with Crippen molar-refractivity contribution in [3.05, 3.63) is 109 Å². The van der Waals surface area contributed by atoms with Gasteiger partial charge in [0.2, 0.25) is 0 Å². The quantitative estimate of drug-likeness (QED) is 0.144. The smallest absolute Gasteiger partial charge is 0.257 e. The lowest BCUT2D eigenvalue weighted by Crippen LogP contribution is -2.49. The van der Waals surface area contributed by atoms with E-state index in [2.05, 4.69) is 30.1 Å². The van der Waals surface area contributed by atoms with Gasteiger partial charge in [0.1, 0.15) is 5.75 Å². The van der Waals surface area contributed by atoms with Crippen molar-refractivity contribution >= 4 is 11.6 Å². The Balaban J connectivity index is 1.63. The molecule has 3 rings (SSSR count). The van der Waals surface area contributed by atoms with Crippen molar-refractivity contribution in [2.45, 2.75) is 12.5 Å². The fourth-order valence-electron chi connectivity index (χ4n) is 3.90. The molecule has 1 heterocycles. The number of rotatable bonds is 14. The highest BCUT2D eigenvalue weighted by Crippen LogP contribution is 2.43. The summed E-state index contributed by atoms with van der Waals surface area (Å²) in [6, 6.07) is 17.2. The molecule has 1 atom stereocenters. The number of carbonyl (C=O) groups excluding carboxylic acids is 1. The molecule has 1 unspecified atom stereocenters. The van der Waals surface area contributed by atoms with E-state index in [0.717, 1.165) is 43.1 Å². The SMILES string of the molecule is C=CCN(CC=C)CCCONC(=C)C=C1C(=O)N(c2ccc(OC)cc2)C1c1ccccc1. The molecule has 1 fully saturated rings. The number of ether oxygens (including phenoxy) is 1. The topological polar surface area (TPSA) is 54.0 Å². The molecule has 1 aliphatic rings. The van der Waals surface area contributed by atoms with Crippen molar-refractivity contribution < 1.29 is 14.4 Å². The summed E-state index contributed by atoms with van der Waals surface area (Å²) in [7, 11) is 1.62. The van der Waals surface area contributed by atoms with E-state index < -0.39 is 0 Å². The summed E-state index contributed by atoms with van der Waals surface area (Å²) >= 11 is 0. The minimum Gasteiger partial charge on any atom is -0.497 e. The summed E-state index contributed by atoms with van der Waals surface area (Å²) in [6.45, 7) is 14.6.